The first-order valence-corrected chi connectivity index (χ1v) is 6.89. The van der Waals surface area contributed by atoms with Crippen molar-refractivity contribution in [3.8, 4) is 5.69 Å². The highest BCUT2D eigenvalue weighted by Crippen LogP contribution is 2.15. The summed E-state index contributed by atoms with van der Waals surface area (Å²) in [5.41, 5.74) is 4.78. The van der Waals surface area contributed by atoms with Crippen molar-refractivity contribution in [1.29, 1.82) is 0 Å². The molecule has 0 radical (unpaired) electrons. The van der Waals surface area contributed by atoms with E-state index >= 15 is 0 Å². The summed E-state index contributed by atoms with van der Waals surface area (Å²) in [5.74, 6) is 0.668. The SMILES string of the molecule is Cc1ccc(-n2ccc(CNCC(C)C)n2)c(C)c1. The van der Waals surface area contributed by atoms with Gasteiger partial charge in [-0.15, -0.1) is 0 Å². The van der Waals surface area contributed by atoms with E-state index in [1.54, 1.807) is 0 Å². The number of rotatable bonds is 5. The van der Waals surface area contributed by atoms with Gasteiger partial charge in [-0.05, 0) is 44.0 Å². The Bertz CT molecular complexity index is 541. The van der Waals surface area contributed by atoms with Crippen LogP contribution in [0.15, 0.2) is 30.5 Å². The number of nitrogens with zero attached hydrogens (tertiary/aromatic N) is 2. The van der Waals surface area contributed by atoms with Crippen LogP contribution in [0.4, 0.5) is 0 Å². The Morgan fingerprint density at radius 3 is 2.68 bits per heavy atom. The van der Waals surface area contributed by atoms with Gasteiger partial charge in [0.15, 0.2) is 0 Å². The Morgan fingerprint density at radius 1 is 1.21 bits per heavy atom. The molecule has 1 aromatic heterocycles. The number of aryl methyl sites for hydroxylation is 2. The molecule has 3 nitrogen and oxygen atoms in total. The zero-order valence-electron chi connectivity index (χ0n) is 12.3. The van der Waals surface area contributed by atoms with E-state index in [2.05, 4.69) is 62.4 Å². The third kappa shape index (κ3) is 3.67. The Morgan fingerprint density at radius 2 is 2.00 bits per heavy atom. The maximum Gasteiger partial charge on any atom is 0.0766 e. The zero-order chi connectivity index (χ0) is 13.8. The molecule has 0 amide bonds. The van der Waals surface area contributed by atoms with Gasteiger partial charge in [0.1, 0.15) is 0 Å². The van der Waals surface area contributed by atoms with Crippen LogP contribution in [0.5, 0.6) is 0 Å². The van der Waals surface area contributed by atoms with Gasteiger partial charge in [0, 0.05) is 12.7 Å². The fourth-order valence-electron chi connectivity index (χ4n) is 2.14. The van der Waals surface area contributed by atoms with Crippen molar-refractivity contribution in [2.45, 2.75) is 34.2 Å². The molecule has 0 fully saturated rings. The Kier molecular flexibility index (Phi) is 4.38. The predicted molar refractivity (Wildman–Crippen MR) is 79.6 cm³/mol. The molecule has 2 aromatic rings. The molecule has 0 atom stereocenters. The minimum Gasteiger partial charge on any atom is -0.311 e. The summed E-state index contributed by atoms with van der Waals surface area (Å²) in [6, 6.07) is 8.52. The number of benzene rings is 1. The van der Waals surface area contributed by atoms with Gasteiger partial charge in [0.25, 0.3) is 0 Å². The van der Waals surface area contributed by atoms with E-state index in [1.165, 1.54) is 11.1 Å². The molecule has 0 unspecified atom stereocenters. The van der Waals surface area contributed by atoms with E-state index < -0.39 is 0 Å². The lowest BCUT2D eigenvalue weighted by Crippen LogP contribution is -2.19. The first-order valence-electron chi connectivity index (χ1n) is 6.89. The average molecular weight is 257 g/mol. The molecule has 0 aliphatic rings. The van der Waals surface area contributed by atoms with Crippen molar-refractivity contribution >= 4 is 0 Å². The Balaban J connectivity index is 2.08. The van der Waals surface area contributed by atoms with Gasteiger partial charge in [0.2, 0.25) is 0 Å². The normalized spacial score (nSPS) is 11.2. The van der Waals surface area contributed by atoms with Gasteiger partial charge < -0.3 is 5.32 Å². The number of hydrogen-bond donors (Lipinski definition) is 1. The molecule has 0 saturated carbocycles. The summed E-state index contributed by atoms with van der Waals surface area (Å²) in [5, 5.41) is 8.04. The summed E-state index contributed by atoms with van der Waals surface area (Å²) >= 11 is 0. The van der Waals surface area contributed by atoms with E-state index in [0.29, 0.717) is 5.92 Å². The van der Waals surface area contributed by atoms with Gasteiger partial charge in [-0.1, -0.05) is 31.5 Å². The minimum absolute atomic E-state index is 0.668. The molecule has 0 bridgehead atoms. The molecule has 3 heteroatoms. The second-order valence-corrected chi connectivity index (χ2v) is 5.57. The molecular formula is C16H23N3. The molecule has 0 aliphatic carbocycles. The van der Waals surface area contributed by atoms with E-state index in [1.807, 2.05) is 10.9 Å². The Hall–Kier alpha value is -1.61. The predicted octanol–water partition coefficient (Wildman–Crippen LogP) is 3.23. The van der Waals surface area contributed by atoms with Crippen molar-refractivity contribution in [3.63, 3.8) is 0 Å². The zero-order valence-corrected chi connectivity index (χ0v) is 12.3. The van der Waals surface area contributed by atoms with Crippen LogP contribution < -0.4 is 5.32 Å². The van der Waals surface area contributed by atoms with Crippen LogP contribution in [0.25, 0.3) is 5.69 Å². The van der Waals surface area contributed by atoms with Crippen LogP contribution in [0.2, 0.25) is 0 Å². The lowest BCUT2D eigenvalue weighted by molar-refractivity contribution is 0.546. The van der Waals surface area contributed by atoms with Crippen molar-refractivity contribution in [3.05, 3.63) is 47.3 Å². The summed E-state index contributed by atoms with van der Waals surface area (Å²) in [6.07, 6.45) is 2.03. The van der Waals surface area contributed by atoms with Crippen LogP contribution >= 0.6 is 0 Å². The molecule has 0 aliphatic heterocycles. The quantitative estimate of drug-likeness (QED) is 0.891. The van der Waals surface area contributed by atoms with Gasteiger partial charge in [-0.3, -0.25) is 0 Å². The first-order chi connectivity index (χ1) is 9.06. The second kappa shape index (κ2) is 6.02. The molecule has 1 aromatic carbocycles. The molecule has 102 valence electrons. The molecule has 1 N–H and O–H groups in total. The number of nitrogens with one attached hydrogen (secondary N) is 1. The van der Waals surface area contributed by atoms with Crippen molar-refractivity contribution in [2.75, 3.05) is 6.54 Å². The molecule has 0 saturated heterocycles. The third-order valence-corrected chi connectivity index (χ3v) is 3.10. The fourth-order valence-corrected chi connectivity index (χ4v) is 2.14. The third-order valence-electron chi connectivity index (χ3n) is 3.10. The van der Waals surface area contributed by atoms with E-state index in [-0.39, 0.29) is 0 Å². The summed E-state index contributed by atoms with van der Waals surface area (Å²) < 4.78 is 1.96. The largest absolute Gasteiger partial charge is 0.311 e. The second-order valence-electron chi connectivity index (χ2n) is 5.57. The van der Waals surface area contributed by atoms with Crippen molar-refractivity contribution in [1.82, 2.24) is 15.1 Å². The van der Waals surface area contributed by atoms with Gasteiger partial charge in [0.05, 0.1) is 11.4 Å². The summed E-state index contributed by atoms with van der Waals surface area (Å²) in [7, 11) is 0. The lowest BCUT2D eigenvalue weighted by atomic mass is 10.1. The smallest absolute Gasteiger partial charge is 0.0766 e. The van der Waals surface area contributed by atoms with Crippen LogP contribution in [0.3, 0.4) is 0 Å². The summed E-state index contributed by atoms with van der Waals surface area (Å²) in [4.78, 5) is 0. The van der Waals surface area contributed by atoms with Gasteiger partial charge >= 0.3 is 0 Å². The van der Waals surface area contributed by atoms with Crippen LogP contribution in [0.1, 0.15) is 30.7 Å². The molecule has 2 rings (SSSR count). The van der Waals surface area contributed by atoms with Gasteiger partial charge in [-0.25, -0.2) is 4.68 Å². The molecule has 1 heterocycles. The molecule has 0 spiro atoms. The first kappa shape index (κ1) is 13.8. The highest BCUT2D eigenvalue weighted by Gasteiger charge is 2.04. The highest BCUT2D eigenvalue weighted by molar-refractivity contribution is 5.41. The Labute approximate surface area is 115 Å². The standard InChI is InChI=1S/C16H23N3/c1-12(2)10-17-11-15-7-8-19(18-15)16-6-5-13(3)9-14(16)4/h5-9,12,17H,10-11H2,1-4H3. The molecule has 19 heavy (non-hydrogen) atoms. The highest BCUT2D eigenvalue weighted by atomic mass is 15.3. The van der Waals surface area contributed by atoms with Crippen LogP contribution in [0, 0.1) is 19.8 Å². The maximum atomic E-state index is 4.62. The van der Waals surface area contributed by atoms with Crippen molar-refractivity contribution < 1.29 is 0 Å². The lowest BCUT2D eigenvalue weighted by Gasteiger charge is -2.07. The maximum absolute atomic E-state index is 4.62. The van der Waals surface area contributed by atoms with Crippen molar-refractivity contribution in [2.24, 2.45) is 5.92 Å². The van der Waals surface area contributed by atoms with E-state index in [4.69, 9.17) is 0 Å². The summed E-state index contributed by atoms with van der Waals surface area (Å²) in [6.45, 7) is 10.5. The van der Waals surface area contributed by atoms with Gasteiger partial charge in [-0.2, -0.15) is 5.10 Å². The van der Waals surface area contributed by atoms with Crippen LogP contribution in [-0.4, -0.2) is 16.3 Å². The topological polar surface area (TPSA) is 29.9 Å². The van der Waals surface area contributed by atoms with Crippen LogP contribution in [-0.2, 0) is 6.54 Å². The number of hydrogen-bond acceptors (Lipinski definition) is 2. The van der Waals surface area contributed by atoms with E-state index in [9.17, 15) is 0 Å². The fraction of sp³-hybridized carbons (Fsp3) is 0.438. The molecular weight excluding hydrogens is 234 g/mol. The average Bonchev–Trinajstić information content (AvgIpc) is 2.77. The van der Waals surface area contributed by atoms with E-state index in [0.717, 1.165) is 24.5 Å². The minimum atomic E-state index is 0.668. The monoisotopic (exact) mass is 257 g/mol. The number of aromatic nitrogens is 2.